The molecule has 104 valence electrons. The van der Waals surface area contributed by atoms with E-state index in [1.807, 2.05) is 45.0 Å². The van der Waals surface area contributed by atoms with Crippen LogP contribution in [-0.4, -0.2) is 11.5 Å². The Balaban J connectivity index is 1.93. The Morgan fingerprint density at radius 3 is 2.26 bits per heavy atom. The molecule has 0 aromatic heterocycles. The number of carbonyl (C=O) groups excluding carboxylic acids is 1. The molecule has 0 atom stereocenters. The number of nitrogens with one attached hydrogen (secondary N) is 1. The molecule has 0 bridgehead atoms. The van der Waals surface area contributed by atoms with Gasteiger partial charge in [0.25, 0.3) is 0 Å². The SMILES string of the molecule is CC(C)(C)Oc1ccc(NC(=O)C2CCCC2)cc1. The van der Waals surface area contributed by atoms with Crippen LogP contribution in [-0.2, 0) is 4.79 Å². The molecule has 1 N–H and O–H groups in total. The standard InChI is InChI=1S/C16H23NO2/c1-16(2,3)19-14-10-8-13(9-11-14)17-15(18)12-6-4-5-7-12/h8-12H,4-7H2,1-3H3,(H,17,18). The summed E-state index contributed by atoms with van der Waals surface area (Å²) < 4.78 is 5.75. The molecule has 1 amide bonds. The molecule has 0 saturated heterocycles. The third-order valence-electron chi connectivity index (χ3n) is 3.27. The molecule has 3 heteroatoms. The average Bonchev–Trinajstić information content (AvgIpc) is 2.83. The lowest BCUT2D eigenvalue weighted by atomic mass is 10.1. The zero-order valence-corrected chi connectivity index (χ0v) is 12.0. The highest BCUT2D eigenvalue weighted by Gasteiger charge is 2.22. The number of hydrogen-bond acceptors (Lipinski definition) is 2. The Kier molecular flexibility index (Phi) is 4.13. The number of rotatable bonds is 3. The van der Waals surface area contributed by atoms with Crippen LogP contribution in [0.3, 0.4) is 0 Å². The average molecular weight is 261 g/mol. The molecular formula is C16H23NO2. The summed E-state index contributed by atoms with van der Waals surface area (Å²) in [7, 11) is 0. The highest BCUT2D eigenvalue weighted by Crippen LogP contribution is 2.26. The molecule has 1 aliphatic rings. The van der Waals surface area contributed by atoms with Gasteiger partial charge >= 0.3 is 0 Å². The fourth-order valence-corrected chi connectivity index (χ4v) is 2.39. The lowest BCUT2D eigenvalue weighted by Gasteiger charge is -2.21. The molecule has 1 fully saturated rings. The summed E-state index contributed by atoms with van der Waals surface area (Å²) in [5.74, 6) is 1.18. The molecule has 0 spiro atoms. The first-order valence-corrected chi connectivity index (χ1v) is 7.04. The van der Waals surface area contributed by atoms with E-state index in [0.29, 0.717) is 0 Å². The summed E-state index contributed by atoms with van der Waals surface area (Å²) in [6.45, 7) is 6.05. The molecule has 1 aromatic carbocycles. The van der Waals surface area contributed by atoms with Crippen molar-refractivity contribution < 1.29 is 9.53 Å². The molecule has 0 unspecified atom stereocenters. The molecule has 1 aliphatic carbocycles. The Hall–Kier alpha value is -1.51. The van der Waals surface area contributed by atoms with Gasteiger partial charge < -0.3 is 10.1 Å². The lowest BCUT2D eigenvalue weighted by molar-refractivity contribution is -0.119. The Morgan fingerprint density at radius 1 is 1.16 bits per heavy atom. The molecule has 1 aromatic rings. The van der Waals surface area contributed by atoms with Gasteiger partial charge in [-0.2, -0.15) is 0 Å². The third kappa shape index (κ3) is 4.27. The smallest absolute Gasteiger partial charge is 0.227 e. The van der Waals surface area contributed by atoms with Crippen LogP contribution < -0.4 is 10.1 Å². The van der Waals surface area contributed by atoms with E-state index < -0.39 is 0 Å². The molecule has 0 aliphatic heterocycles. The van der Waals surface area contributed by atoms with Crippen LogP contribution in [0.15, 0.2) is 24.3 Å². The van der Waals surface area contributed by atoms with Crippen molar-refractivity contribution >= 4 is 11.6 Å². The minimum Gasteiger partial charge on any atom is -0.488 e. The van der Waals surface area contributed by atoms with Crippen molar-refractivity contribution in [1.82, 2.24) is 0 Å². The Labute approximate surface area is 115 Å². The van der Waals surface area contributed by atoms with E-state index in [2.05, 4.69) is 5.32 Å². The summed E-state index contributed by atoms with van der Waals surface area (Å²) in [5.41, 5.74) is 0.646. The Bertz CT molecular complexity index is 425. The summed E-state index contributed by atoms with van der Waals surface area (Å²) in [4.78, 5) is 12.0. The summed E-state index contributed by atoms with van der Waals surface area (Å²) in [6.07, 6.45) is 4.40. The topological polar surface area (TPSA) is 38.3 Å². The molecule has 2 rings (SSSR count). The maximum Gasteiger partial charge on any atom is 0.227 e. The highest BCUT2D eigenvalue weighted by atomic mass is 16.5. The summed E-state index contributed by atoms with van der Waals surface area (Å²) in [6, 6.07) is 7.59. The lowest BCUT2D eigenvalue weighted by Crippen LogP contribution is -2.23. The quantitative estimate of drug-likeness (QED) is 0.893. The number of benzene rings is 1. The largest absolute Gasteiger partial charge is 0.488 e. The number of amides is 1. The van der Waals surface area contributed by atoms with Crippen molar-refractivity contribution in [2.45, 2.75) is 52.1 Å². The number of hydrogen-bond donors (Lipinski definition) is 1. The van der Waals surface area contributed by atoms with Crippen LogP contribution in [0.25, 0.3) is 0 Å². The first kappa shape index (κ1) is 13.9. The van der Waals surface area contributed by atoms with Gasteiger partial charge in [0.2, 0.25) is 5.91 Å². The maximum absolute atomic E-state index is 12.0. The van der Waals surface area contributed by atoms with Crippen molar-refractivity contribution in [3.63, 3.8) is 0 Å². The van der Waals surface area contributed by atoms with E-state index in [4.69, 9.17) is 4.74 Å². The monoisotopic (exact) mass is 261 g/mol. The number of ether oxygens (including phenoxy) is 1. The van der Waals surface area contributed by atoms with Crippen LogP contribution in [0.2, 0.25) is 0 Å². The predicted octanol–water partition coefficient (Wildman–Crippen LogP) is 3.99. The minimum absolute atomic E-state index is 0.155. The van der Waals surface area contributed by atoms with Gasteiger partial charge in [0.15, 0.2) is 0 Å². The van der Waals surface area contributed by atoms with Crippen LogP contribution in [0.1, 0.15) is 46.5 Å². The van der Waals surface area contributed by atoms with Gasteiger partial charge in [0.05, 0.1) is 0 Å². The van der Waals surface area contributed by atoms with Gasteiger partial charge in [-0.05, 0) is 57.9 Å². The van der Waals surface area contributed by atoms with Crippen molar-refractivity contribution in [3.8, 4) is 5.75 Å². The van der Waals surface area contributed by atoms with Crippen LogP contribution in [0.4, 0.5) is 5.69 Å². The van der Waals surface area contributed by atoms with Crippen molar-refractivity contribution in [1.29, 1.82) is 0 Å². The first-order valence-electron chi connectivity index (χ1n) is 7.04. The van der Waals surface area contributed by atoms with E-state index in [-0.39, 0.29) is 17.4 Å². The van der Waals surface area contributed by atoms with Gasteiger partial charge in [-0.15, -0.1) is 0 Å². The fourth-order valence-electron chi connectivity index (χ4n) is 2.39. The molecule has 3 nitrogen and oxygen atoms in total. The highest BCUT2D eigenvalue weighted by molar-refractivity contribution is 5.92. The van der Waals surface area contributed by atoms with Gasteiger partial charge in [-0.3, -0.25) is 4.79 Å². The second-order valence-corrected chi connectivity index (χ2v) is 6.21. The van der Waals surface area contributed by atoms with Gasteiger partial charge in [-0.1, -0.05) is 12.8 Å². The Morgan fingerprint density at radius 2 is 1.74 bits per heavy atom. The first-order chi connectivity index (χ1) is 8.94. The normalized spacial score (nSPS) is 16.4. The minimum atomic E-state index is -0.200. The number of carbonyl (C=O) groups is 1. The van der Waals surface area contributed by atoms with E-state index in [1.165, 1.54) is 12.8 Å². The second kappa shape index (κ2) is 5.64. The van der Waals surface area contributed by atoms with Crippen LogP contribution in [0, 0.1) is 5.92 Å². The van der Waals surface area contributed by atoms with Gasteiger partial charge in [-0.25, -0.2) is 0 Å². The molecule has 0 heterocycles. The molecule has 19 heavy (non-hydrogen) atoms. The van der Waals surface area contributed by atoms with Gasteiger partial charge in [0, 0.05) is 11.6 Å². The maximum atomic E-state index is 12.0. The third-order valence-corrected chi connectivity index (χ3v) is 3.27. The van der Waals surface area contributed by atoms with Crippen molar-refractivity contribution in [2.24, 2.45) is 5.92 Å². The molecule has 0 radical (unpaired) electrons. The molecule has 1 saturated carbocycles. The summed E-state index contributed by atoms with van der Waals surface area (Å²) >= 11 is 0. The van der Waals surface area contributed by atoms with E-state index in [1.54, 1.807) is 0 Å². The van der Waals surface area contributed by atoms with Gasteiger partial charge in [0.1, 0.15) is 11.4 Å². The van der Waals surface area contributed by atoms with Crippen LogP contribution >= 0.6 is 0 Å². The zero-order valence-electron chi connectivity index (χ0n) is 12.0. The predicted molar refractivity (Wildman–Crippen MR) is 77.4 cm³/mol. The second-order valence-electron chi connectivity index (χ2n) is 6.21. The summed E-state index contributed by atoms with van der Waals surface area (Å²) in [5, 5.41) is 2.98. The van der Waals surface area contributed by atoms with Crippen LogP contribution in [0.5, 0.6) is 5.75 Å². The van der Waals surface area contributed by atoms with E-state index in [9.17, 15) is 4.79 Å². The van der Waals surface area contributed by atoms with Crippen molar-refractivity contribution in [3.05, 3.63) is 24.3 Å². The fraction of sp³-hybridized carbons (Fsp3) is 0.562. The number of anilines is 1. The van der Waals surface area contributed by atoms with E-state index >= 15 is 0 Å². The van der Waals surface area contributed by atoms with E-state index in [0.717, 1.165) is 24.3 Å². The molecular weight excluding hydrogens is 238 g/mol. The zero-order chi connectivity index (χ0) is 13.9. The van der Waals surface area contributed by atoms with Crippen molar-refractivity contribution in [2.75, 3.05) is 5.32 Å².